The smallest absolute Gasteiger partial charge is 0.271 e. The van der Waals surface area contributed by atoms with Crippen molar-refractivity contribution < 1.29 is 18.8 Å². The summed E-state index contributed by atoms with van der Waals surface area (Å²) in [6.07, 6.45) is 2.15. The van der Waals surface area contributed by atoms with Gasteiger partial charge in [-0.05, 0) is 44.1 Å². The number of amides is 2. The van der Waals surface area contributed by atoms with Gasteiger partial charge < -0.3 is 4.42 Å². The average Bonchev–Trinajstić information content (AvgIpc) is 3.18. The molecule has 29 heavy (non-hydrogen) atoms. The fourth-order valence-corrected chi connectivity index (χ4v) is 3.15. The first-order chi connectivity index (χ1) is 13.9. The molecule has 1 aromatic carbocycles. The van der Waals surface area contributed by atoms with E-state index < -0.39 is 11.8 Å². The van der Waals surface area contributed by atoms with Crippen LogP contribution in [0.4, 0.5) is 0 Å². The minimum atomic E-state index is -0.556. The summed E-state index contributed by atoms with van der Waals surface area (Å²) in [6, 6.07) is 12.4. The monoisotopic (exact) mass is 388 g/mol. The number of carbonyl (C=O) groups excluding carboxylic acids is 3. The van der Waals surface area contributed by atoms with Crippen molar-refractivity contribution >= 4 is 23.7 Å². The molecule has 0 spiro atoms. The summed E-state index contributed by atoms with van der Waals surface area (Å²) in [5.74, 6) is 0.0102. The number of hydrogen-bond acceptors (Lipinski definition) is 5. The zero-order valence-corrected chi connectivity index (χ0v) is 16.5. The number of imide groups is 1. The first-order valence-corrected chi connectivity index (χ1v) is 9.27. The molecule has 3 rings (SSSR count). The number of rotatable bonds is 5. The fourth-order valence-electron chi connectivity index (χ4n) is 3.15. The lowest BCUT2D eigenvalue weighted by Crippen LogP contribution is -2.43. The van der Waals surface area contributed by atoms with Crippen molar-refractivity contribution in [3.8, 4) is 17.4 Å². The van der Waals surface area contributed by atoms with E-state index in [0.717, 1.165) is 10.5 Å². The molecule has 1 aliphatic rings. The van der Waals surface area contributed by atoms with Crippen LogP contribution in [0.25, 0.3) is 17.4 Å². The second-order valence-corrected chi connectivity index (χ2v) is 6.77. The number of carbonyl (C=O) groups is 3. The number of hydrogen-bond donors (Lipinski definition) is 0. The minimum Gasteiger partial charge on any atom is -0.457 e. The van der Waals surface area contributed by atoms with Crippen LogP contribution < -0.4 is 0 Å². The van der Waals surface area contributed by atoms with Crippen LogP contribution in [0.2, 0.25) is 0 Å². The van der Waals surface area contributed by atoms with Gasteiger partial charge in [-0.2, -0.15) is 5.26 Å². The van der Waals surface area contributed by atoms with Gasteiger partial charge in [0.1, 0.15) is 23.2 Å². The Labute approximate surface area is 168 Å². The third kappa shape index (κ3) is 3.81. The SMILES string of the molecule is CCCN1C(=O)C(C#N)=C(C)/C(=C\c2ccc(-c3ccc(C(C)=O)cc3)o2)C1=O. The molecule has 1 aromatic heterocycles. The third-order valence-corrected chi connectivity index (χ3v) is 4.76. The van der Waals surface area contributed by atoms with Crippen molar-refractivity contribution in [3.63, 3.8) is 0 Å². The number of nitrogens with zero attached hydrogens (tertiary/aromatic N) is 2. The van der Waals surface area contributed by atoms with Gasteiger partial charge in [-0.25, -0.2) is 0 Å². The van der Waals surface area contributed by atoms with Crippen molar-refractivity contribution in [3.05, 3.63) is 64.4 Å². The number of nitriles is 1. The Morgan fingerprint density at radius 2 is 1.83 bits per heavy atom. The molecule has 0 bridgehead atoms. The average molecular weight is 388 g/mol. The van der Waals surface area contributed by atoms with Crippen molar-refractivity contribution in [2.45, 2.75) is 27.2 Å². The van der Waals surface area contributed by atoms with Crippen LogP contribution in [0.5, 0.6) is 0 Å². The lowest BCUT2D eigenvalue weighted by atomic mass is 9.94. The van der Waals surface area contributed by atoms with E-state index in [2.05, 4.69) is 0 Å². The lowest BCUT2D eigenvalue weighted by molar-refractivity contribution is -0.140. The summed E-state index contributed by atoms with van der Waals surface area (Å²) in [6.45, 7) is 5.20. The van der Waals surface area contributed by atoms with Gasteiger partial charge in [0.2, 0.25) is 0 Å². The van der Waals surface area contributed by atoms with E-state index in [0.29, 0.717) is 29.1 Å². The quantitative estimate of drug-likeness (QED) is 0.436. The highest BCUT2D eigenvalue weighted by molar-refractivity contribution is 6.19. The van der Waals surface area contributed by atoms with Crippen molar-refractivity contribution in [1.82, 2.24) is 4.90 Å². The van der Waals surface area contributed by atoms with Gasteiger partial charge in [0, 0.05) is 23.2 Å². The summed E-state index contributed by atoms with van der Waals surface area (Å²) in [7, 11) is 0. The molecular formula is C23H20N2O4. The summed E-state index contributed by atoms with van der Waals surface area (Å²) < 4.78 is 5.84. The minimum absolute atomic E-state index is 0.0148. The maximum atomic E-state index is 12.8. The van der Waals surface area contributed by atoms with Crippen LogP contribution in [0.15, 0.2) is 57.5 Å². The number of ketones is 1. The van der Waals surface area contributed by atoms with E-state index in [1.54, 1.807) is 49.4 Å². The molecule has 2 heterocycles. The van der Waals surface area contributed by atoms with Gasteiger partial charge >= 0.3 is 0 Å². The summed E-state index contributed by atoms with van der Waals surface area (Å²) in [5.41, 5.74) is 1.99. The number of furan rings is 1. The second-order valence-electron chi connectivity index (χ2n) is 6.77. The maximum Gasteiger partial charge on any atom is 0.271 e. The van der Waals surface area contributed by atoms with Gasteiger partial charge in [0.15, 0.2) is 5.78 Å². The molecule has 0 fully saturated rings. The highest BCUT2D eigenvalue weighted by Gasteiger charge is 2.35. The molecule has 0 unspecified atom stereocenters. The third-order valence-electron chi connectivity index (χ3n) is 4.76. The zero-order valence-electron chi connectivity index (χ0n) is 16.5. The van der Waals surface area contributed by atoms with Crippen LogP contribution >= 0.6 is 0 Å². The van der Waals surface area contributed by atoms with Crippen LogP contribution in [0, 0.1) is 11.3 Å². The maximum absolute atomic E-state index is 12.8. The lowest BCUT2D eigenvalue weighted by Gasteiger charge is -2.26. The number of Topliss-reactive ketones (excluding diaryl/α,β-unsaturated/α-hetero) is 1. The largest absolute Gasteiger partial charge is 0.457 e. The molecule has 146 valence electrons. The predicted octanol–water partition coefficient (Wildman–Crippen LogP) is 4.15. The Morgan fingerprint density at radius 1 is 1.14 bits per heavy atom. The molecule has 0 aliphatic carbocycles. The van der Waals surface area contributed by atoms with Gasteiger partial charge in [-0.3, -0.25) is 19.3 Å². The van der Waals surface area contributed by atoms with E-state index in [-0.39, 0.29) is 23.5 Å². The molecule has 0 atom stereocenters. The van der Waals surface area contributed by atoms with Crippen LogP contribution in [-0.2, 0) is 9.59 Å². The van der Waals surface area contributed by atoms with Gasteiger partial charge in [0.25, 0.3) is 11.8 Å². The number of benzene rings is 1. The Hall–Kier alpha value is -3.72. The Bertz CT molecular complexity index is 1090. The first-order valence-electron chi connectivity index (χ1n) is 9.27. The molecule has 6 nitrogen and oxygen atoms in total. The Morgan fingerprint density at radius 3 is 2.41 bits per heavy atom. The summed E-state index contributed by atoms with van der Waals surface area (Å²) in [5, 5.41) is 9.36. The molecule has 0 N–H and O–H groups in total. The summed E-state index contributed by atoms with van der Waals surface area (Å²) >= 11 is 0. The molecule has 0 radical (unpaired) electrons. The van der Waals surface area contributed by atoms with Gasteiger partial charge in [-0.15, -0.1) is 0 Å². The molecule has 2 amide bonds. The van der Waals surface area contributed by atoms with Crippen molar-refractivity contribution in [2.24, 2.45) is 0 Å². The Kier molecular flexibility index (Phi) is 5.60. The standard InChI is InChI=1S/C23H20N2O4/c1-4-11-25-22(27)19(14(2)20(13-24)23(25)28)12-18-9-10-21(29-18)17-7-5-16(6-8-17)15(3)26/h5-10,12H,4,11H2,1-3H3/b19-12+. The molecule has 0 saturated carbocycles. The van der Waals surface area contributed by atoms with Crippen molar-refractivity contribution in [2.75, 3.05) is 6.54 Å². The highest BCUT2D eigenvalue weighted by atomic mass is 16.3. The van der Waals surface area contributed by atoms with E-state index in [9.17, 15) is 19.6 Å². The van der Waals surface area contributed by atoms with E-state index in [1.807, 2.05) is 13.0 Å². The van der Waals surface area contributed by atoms with Gasteiger partial charge in [-0.1, -0.05) is 31.2 Å². The Balaban J connectivity index is 1.98. The second kappa shape index (κ2) is 8.11. The van der Waals surface area contributed by atoms with Crippen LogP contribution in [0.3, 0.4) is 0 Å². The summed E-state index contributed by atoms with van der Waals surface area (Å²) in [4.78, 5) is 37.7. The highest BCUT2D eigenvalue weighted by Crippen LogP contribution is 2.29. The van der Waals surface area contributed by atoms with E-state index in [1.165, 1.54) is 6.92 Å². The predicted molar refractivity (Wildman–Crippen MR) is 107 cm³/mol. The van der Waals surface area contributed by atoms with Crippen LogP contribution in [0.1, 0.15) is 43.3 Å². The van der Waals surface area contributed by atoms with Gasteiger partial charge in [0.05, 0.1) is 0 Å². The molecule has 0 saturated heterocycles. The zero-order chi connectivity index (χ0) is 21.1. The fraction of sp³-hybridized carbons (Fsp3) is 0.217. The van der Waals surface area contributed by atoms with Crippen LogP contribution in [-0.4, -0.2) is 29.0 Å². The van der Waals surface area contributed by atoms with Crippen molar-refractivity contribution in [1.29, 1.82) is 5.26 Å². The first kappa shape index (κ1) is 20.0. The van der Waals surface area contributed by atoms with E-state index >= 15 is 0 Å². The molecule has 2 aromatic rings. The molecular weight excluding hydrogens is 368 g/mol. The normalized spacial score (nSPS) is 15.8. The topological polar surface area (TPSA) is 91.4 Å². The van der Waals surface area contributed by atoms with E-state index in [4.69, 9.17) is 4.42 Å². The molecule has 1 aliphatic heterocycles. The molecule has 6 heteroatoms.